The standard InChI is InChI=1S/C13H16N2OS/c1-10(11-4-2-6-14-8-11)15-9-12(16)13-5-3-7-17-13/h2-8,10,12,15-16H,9H2,1H3. The van der Waals surface area contributed by atoms with Crippen LogP contribution >= 0.6 is 11.3 Å². The lowest BCUT2D eigenvalue weighted by atomic mass is 10.1. The van der Waals surface area contributed by atoms with Crippen molar-refractivity contribution in [2.75, 3.05) is 6.54 Å². The van der Waals surface area contributed by atoms with Crippen molar-refractivity contribution in [3.63, 3.8) is 0 Å². The number of pyridine rings is 1. The fraction of sp³-hybridized carbons (Fsp3) is 0.308. The molecule has 2 unspecified atom stereocenters. The second-order valence-corrected chi connectivity index (χ2v) is 4.93. The molecule has 0 fully saturated rings. The maximum absolute atomic E-state index is 9.94. The number of aromatic nitrogens is 1. The molecule has 0 aliphatic heterocycles. The van der Waals surface area contributed by atoms with Crippen LogP contribution in [0.4, 0.5) is 0 Å². The first-order valence-corrected chi connectivity index (χ1v) is 6.50. The molecule has 0 radical (unpaired) electrons. The maximum Gasteiger partial charge on any atom is 0.101 e. The zero-order valence-electron chi connectivity index (χ0n) is 9.71. The van der Waals surface area contributed by atoms with Gasteiger partial charge < -0.3 is 10.4 Å². The third-order valence-electron chi connectivity index (χ3n) is 2.67. The number of hydrogen-bond acceptors (Lipinski definition) is 4. The summed E-state index contributed by atoms with van der Waals surface area (Å²) in [7, 11) is 0. The number of hydrogen-bond donors (Lipinski definition) is 2. The van der Waals surface area contributed by atoms with Crippen LogP contribution in [0.15, 0.2) is 42.0 Å². The van der Waals surface area contributed by atoms with E-state index in [2.05, 4.69) is 17.2 Å². The van der Waals surface area contributed by atoms with Crippen LogP contribution in [0.3, 0.4) is 0 Å². The highest BCUT2D eigenvalue weighted by atomic mass is 32.1. The Kier molecular flexibility index (Phi) is 4.25. The molecule has 2 N–H and O–H groups in total. The van der Waals surface area contributed by atoms with Gasteiger partial charge in [0, 0.05) is 29.9 Å². The Bertz CT molecular complexity index is 430. The van der Waals surface area contributed by atoms with Gasteiger partial charge in [0.15, 0.2) is 0 Å². The van der Waals surface area contributed by atoms with Crippen molar-refractivity contribution >= 4 is 11.3 Å². The van der Waals surface area contributed by atoms with Crippen molar-refractivity contribution in [2.45, 2.75) is 19.1 Å². The predicted octanol–water partition coefficient (Wildman–Crippen LogP) is 2.53. The Hall–Kier alpha value is -1.23. The summed E-state index contributed by atoms with van der Waals surface area (Å²) in [6.07, 6.45) is 3.17. The minimum atomic E-state index is -0.436. The van der Waals surface area contributed by atoms with Crippen LogP contribution in [0.25, 0.3) is 0 Å². The minimum absolute atomic E-state index is 0.193. The van der Waals surface area contributed by atoms with Gasteiger partial charge in [0.2, 0.25) is 0 Å². The van der Waals surface area contributed by atoms with Crippen LogP contribution in [0, 0.1) is 0 Å². The van der Waals surface area contributed by atoms with Gasteiger partial charge in [0.25, 0.3) is 0 Å². The van der Waals surface area contributed by atoms with Gasteiger partial charge in [0.1, 0.15) is 6.10 Å². The van der Waals surface area contributed by atoms with Gasteiger partial charge in [-0.1, -0.05) is 12.1 Å². The fourth-order valence-electron chi connectivity index (χ4n) is 1.62. The minimum Gasteiger partial charge on any atom is -0.386 e. The van der Waals surface area contributed by atoms with E-state index in [9.17, 15) is 5.11 Å². The summed E-state index contributed by atoms with van der Waals surface area (Å²) < 4.78 is 0. The molecule has 0 saturated carbocycles. The van der Waals surface area contributed by atoms with Crippen LogP contribution in [-0.2, 0) is 0 Å². The molecule has 2 aromatic rings. The molecule has 0 aromatic carbocycles. The molecule has 0 saturated heterocycles. The van der Waals surface area contributed by atoms with Crippen molar-refractivity contribution in [2.24, 2.45) is 0 Å². The molecule has 0 amide bonds. The molecule has 17 heavy (non-hydrogen) atoms. The first kappa shape index (κ1) is 12.2. The van der Waals surface area contributed by atoms with Gasteiger partial charge in [-0.05, 0) is 30.0 Å². The number of nitrogens with zero attached hydrogens (tertiary/aromatic N) is 1. The highest BCUT2D eigenvalue weighted by Gasteiger charge is 2.11. The van der Waals surface area contributed by atoms with E-state index < -0.39 is 6.10 Å². The zero-order valence-corrected chi connectivity index (χ0v) is 10.5. The SMILES string of the molecule is CC(NCC(O)c1cccs1)c1cccnc1. The Morgan fingerprint density at radius 2 is 2.29 bits per heavy atom. The van der Waals surface area contributed by atoms with E-state index in [1.807, 2.05) is 35.8 Å². The number of rotatable bonds is 5. The molecule has 0 aliphatic rings. The molecule has 0 aliphatic carbocycles. The average molecular weight is 248 g/mol. The van der Waals surface area contributed by atoms with E-state index in [1.165, 1.54) is 0 Å². The molecule has 2 aromatic heterocycles. The quantitative estimate of drug-likeness (QED) is 0.854. The molecule has 2 heterocycles. The Morgan fingerprint density at radius 3 is 2.94 bits per heavy atom. The molecule has 0 bridgehead atoms. The summed E-state index contributed by atoms with van der Waals surface area (Å²) in [5.74, 6) is 0. The highest BCUT2D eigenvalue weighted by molar-refractivity contribution is 7.10. The topological polar surface area (TPSA) is 45.1 Å². The van der Waals surface area contributed by atoms with Gasteiger partial charge >= 0.3 is 0 Å². The summed E-state index contributed by atoms with van der Waals surface area (Å²) in [4.78, 5) is 5.08. The summed E-state index contributed by atoms with van der Waals surface area (Å²) in [5.41, 5.74) is 1.13. The molecule has 4 heteroatoms. The fourth-order valence-corrected chi connectivity index (χ4v) is 2.33. The average Bonchev–Trinajstić information content (AvgIpc) is 2.90. The Balaban J connectivity index is 1.86. The maximum atomic E-state index is 9.94. The second-order valence-electron chi connectivity index (χ2n) is 3.95. The van der Waals surface area contributed by atoms with Crippen LogP contribution < -0.4 is 5.32 Å². The van der Waals surface area contributed by atoms with Crippen molar-refractivity contribution in [1.82, 2.24) is 10.3 Å². The van der Waals surface area contributed by atoms with Crippen molar-refractivity contribution < 1.29 is 5.11 Å². The van der Waals surface area contributed by atoms with Crippen LogP contribution in [0.2, 0.25) is 0 Å². The van der Waals surface area contributed by atoms with Crippen molar-refractivity contribution in [1.29, 1.82) is 0 Å². The lowest BCUT2D eigenvalue weighted by Crippen LogP contribution is -2.24. The zero-order chi connectivity index (χ0) is 12.1. The van der Waals surface area contributed by atoms with Crippen LogP contribution in [0.1, 0.15) is 29.5 Å². The summed E-state index contributed by atoms with van der Waals surface area (Å²) >= 11 is 1.58. The van der Waals surface area contributed by atoms with E-state index in [4.69, 9.17) is 0 Å². The Morgan fingerprint density at radius 1 is 1.41 bits per heavy atom. The van der Waals surface area contributed by atoms with Gasteiger partial charge in [0.05, 0.1) is 0 Å². The highest BCUT2D eigenvalue weighted by Crippen LogP contribution is 2.19. The Labute approximate surface area is 105 Å². The van der Waals surface area contributed by atoms with Crippen LogP contribution in [0.5, 0.6) is 0 Å². The third-order valence-corrected chi connectivity index (χ3v) is 3.65. The first-order chi connectivity index (χ1) is 8.27. The molecular weight excluding hydrogens is 232 g/mol. The van der Waals surface area contributed by atoms with Crippen molar-refractivity contribution in [3.05, 3.63) is 52.5 Å². The molecule has 0 spiro atoms. The van der Waals surface area contributed by atoms with Crippen LogP contribution in [-0.4, -0.2) is 16.6 Å². The molecule has 3 nitrogen and oxygen atoms in total. The van der Waals surface area contributed by atoms with Gasteiger partial charge in [-0.2, -0.15) is 0 Å². The summed E-state index contributed by atoms with van der Waals surface area (Å²) in [6, 6.07) is 8.04. The number of aliphatic hydroxyl groups excluding tert-OH is 1. The molecule has 2 rings (SSSR count). The summed E-state index contributed by atoms with van der Waals surface area (Å²) in [5, 5.41) is 15.2. The van der Waals surface area contributed by atoms with Gasteiger partial charge in [-0.25, -0.2) is 0 Å². The van der Waals surface area contributed by atoms with E-state index in [0.29, 0.717) is 6.54 Å². The van der Waals surface area contributed by atoms with E-state index >= 15 is 0 Å². The van der Waals surface area contributed by atoms with E-state index in [1.54, 1.807) is 17.5 Å². The lowest BCUT2D eigenvalue weighted by Gasteiger charge is -2.16. The van der Waals surface area contributed by atoms with Crippen molar-refractivity contribution in [3.8, 4) is 0 Å². The summed E-state index contributed by atoms with van der Waals surface area (Å²) in [6.45, 7) is 2.62. The molecule has 90 valence electrons. The number of thiophene rings is 1. The first-order valence-electron chi connectivity index (χ1n) is 5.62. The number of nitrogens with one attached hydrogen (secondary N) is 1. The van der Waals surface area contributed by atoms with Gasteiger partial charge in [-0.15, -0.1) is 11.3 Å². The van der Waals surface area contributed by atoms with Gasteiger partial charge in [-0.3, -0.25) is 4.98 Å². The normalized spacial score (nSPS) is 14.5. The smallest absolute Gasteiger partial charge is 0.101 e. The molecular formula is C13H16N2OS. The van der Waals surface area contributed by atoms with E-state index in [0.717, 1.165) is 10.4 Å². The monoisotopic (exact) mass is 248 g/mol. The number of aliphatic hydroxyl groups is 1. The third kappa shape index (κ3) is 3.36. The predicted molar refractivity (Wildman–Crippen MR) is 69.9 cm³/mol. The van der Waals surface area contributed by atoms with E-state index in [-0.39, 0.29) is 6.04 Å². The largest absolute Gasteiger partial charge is 0.386 e. The second kappa shape index (κ2) is 5.91. The lowest BCUT2D eigenvalue weighted by molar-refractivity contribution is 0.174. The molecule has 2 atom stereocenters.